The second-order valence-corrected chi connectivity index (χ2v) is 7.66. The van der Waals surface area contributed by atoms with E-state index >= 15 is 0 Å². The highest BCUT2D eigenvalue weighted by Crippen LogP contribution is 2.32. The molecule has 1 amide bonds. The number of nitrogens with zero attached hydrogens (tertiary/aromatic N) is 1. The molecule has 1 aliphatic heterocycles. The number of amides is 1. The van der Waals surface area contributed by atoms with Crippen LogP contribution >= 0.6 is 0 Å². The highest BCUT2D eigenvalue weighted by molar-refractivity contribution is 7.89. The largest absolute Gasteiger partial charge is 0.493 e. The van der Waals surface area contributed by atoms with Crippen molar-refractivity contribution in [3.63, 3.8) is 0 Å². The summed E-state index contributed by atoms with van der Waals surface area (Å²) in [5, 5.41) is 2.55. The van der Waals surface area contributed by atoms with Crippen molar-refractivity contribution in [1.29, 1.82) is 0 Å². The van der Waals surface area contributed by atoms with Crippen LogP contribution in [0.3, 0.4) is 0 Å². The van der Waals surface area contributed by atoms with Crippen molar-refractivity contribution >= 4 is 15.9 Å². The number of carbonyl (C=O) groups excluding carboxylic acids is 1. The maximum absolute atomic E-state index is 14.2. The van der Waals surface area contributed by atoms with E-state index in [4.69, 9.17) is 9.47 Å². The van der Waals surface area contributed by atoms with Crippen LogP contribution in [0.4, 0.5) is 4.39 Å². The smallest absolute Gasteiger partial charge is 0.243 e. The zero-order valence-corrected chi connectivity index (χ0v) is 15.9. The molecule has 2 rings (SSSR count). The molecule has 1 aromatic rings. The topological polar surface area (TPSA) is 97.0 Å². The third kappa shape index (κ3) is 4.83. The number of methoxy groups -OCH3 is 2. The monoisotopic (exact) mass is 389 g/mol. The summed E-state index contributed by atoms with van der Waals surface area (Å²) in [7, 11) is 0.211. The van der Waals surface area contributed by atoms with E-state index in [1.54, 1.807) is 7.05 Å². The van der Waals surface area contributed by atoms with Gasteiger partial charge in [-0.25, -0.2) is 17.5 Å². The van der Waals surface area contributed by atoms with Gasteiger partial charge in [0.1, 0.15) is 10.7 Å². The number of nitrogens with one attached hydrogen (secondary N) is 2. The predicted octanol–water partition coefficient (Wildman–Crippen LogP) is 0.332. The predicted molar refractivity (Wildman–Crippen MR) is 93.4 cm³/mol. The summed E-state index contributed by atoms with van der Waals surface area (Å²) in [6.45, 7) is 1.43. The van der Waals surface area contributed by atoms with Crippen LogP contribution in [0, 0.1) is 5.82 Å². The van der Waals surface area contributed by atoms with Gasteiger partial charge in [0, 0.05) is 38.3 Å². The first-order valence-corrected chi connectivity index (χ1v) is 9.65. The van der Waals surface area contributed by atoms with Crippen LogP contribution in [-0.4, -0.2) is 66.2 Å². The molecule has 8 nitrogen and oxygen atoms in total. The minimum Gasteiger partial charge on any atom is -0.493 e. The van der Waals surface area contributed by atoms with E-state index in [1.807, 2.05) is 4.90 Å². The van der Waals surface area contributed by atoms with Crippen molar-refractivity contribution in [2.45, 2.75) is 23.8 Å². The summed E-state index contributed by atoms with van der Waals surface area (Å²) in [6, 6.07) is 1.77. The number of carbonyl (C=O) groups is 1. The van der Waals surface area contributed by atoms with E-state index in [0.717, 1.165) is 12.1 Å². The number of benzene rings is 1. The molecular formula is C16H24FN3O5S. The summed E-state index contributed by atoms with van der Waals surface area (Å²) in [5.41, 5.74) is 0. The number of hydrogen-bond acceptors (Lipinski definition) is 6. The fourth-order valence-corrected chi connectivity index (χ4v) is 4.19. The highest BCUT2D eigenvalue weighted by Gasteiger charge is 2.28. The van der Waals surface area contributed by atoms with Crippen LogP contribution in [0.1, 0.15) is 12.8 Å². The van der Waals surface area contributed by atoms with Crippen molar-refractivity contribution in [2.75, 3.05) is 40.9 Å². The van der Waals surface area contributed by atoms with Gasteiger partial charge in [-0.3, -0.25) is 9.69 Å². The molecule has 1 heterocycles. The van der Waals surface area contributed by atoms with Crippen LogP contribution in [0.25, 0.3) is 0 Å². The zero-order valence-electron chi connectivity index (χ0n) is 15.0. The number of ether oxygens (including phenoxy) is 2. The van der Waals surface area contributed by atoms with Gasteiger partial charge in [0.05, 0.1) is 20.8 Å². The number of likely N-dealkylation sites (tertiary alicyclic amines) is 1. The first-order chi connectivity index (χ1) is 12.3. The Morgan fingerprint density at radius 3 is 2.35 bits per heavy atom. The van der Waals surface area contributed by atoms with Gasteiger partial charge in [0.2, 0.25) is 15.9 Å². The van der Waals surface area contributed by atoms with E-state index < -0.39 is 20.7 Å². The Hall–Kier alpha value is -1.91. The summed E-state index contributed by atoms with van der Waals surface area (Å²) < 4.78 is 51.9. The quantitative estimate of drug-likeness (QED) is 0.698. The maximum Gasteiger partial charge on any atom is 0.243 e. The number of likely N-dealkylation sites (N-methyl/N-ethyl adjacent to an activating group) is 1. The number of halogens is 1. The van der Waals surface area contributed by atoms with Crippen LogP contribution in [-0.2, 0) is 14.8 Å². The summed E-state index contributed by atoms with van der Waals surface area (Å²) >= 11 is 0. The Morgan fingerprint density at radius 2 is 1.81 bits per heavy atom. The lowest BCUT2D eigenvalue weighted by molar-refractivity contribution is -0.122. The number of sulfonamides is 1. The minimum atomic E-state index is -4.05. The Kier molecular flexibility index (Phi) is 6.79. The molecule has 0 radical (unpaired) electrons. The maximum atomic E-state index is 14.2. The molecular weight excluding hydrogens is 365 g/mol. The van der Waals surface area contributed by atoms with E-state index in [2.05, 4.69) is 10.0 Å². The molecule has 1 aliphatic rings. The molecule has 1 aromatic carbocycles. The number of hydrogen-bond donors (Lipinski definition) is 2. The Morgan fingerprint density at radius 1 is 1.23 bits per heavy atom. The van der Waals surface area contributed by atoms with Crippen LogP contribution in [0.15, 0.2) is 17.0 Å². The van der Waals surface area contributed by atoms with Gasteiger partial charge in [-0.05, 0) is 12.8 Å². The van der Waals surface area contributed by atoms with Crippen LogP contribution in [0.5, 0.6) is 11.5 Å². The molecule has 0 bridgehead atoms. The zero-order chi connectivity index (χ0) is 19.3. The Bertz CT molecular complexity index is 748. The standard InChI is InChI=1S/C16H24FN3O5S/c1-18-16(21)10-20-6-4-11(5-7-20)19-26(22,23)15-9-14(25-3)13(24-2)8-12(15)17/h8-9,11,19H,4-7,10H2,1-3H3,(H,18,21). The van der Waals surface area contributed by atoms with Crippen LogP contribution < -0.4 is 19.5 Å². The van der Waals surface area contributed by atoms with Gasteiger partial charge >= 0.3 is 0 Å². The van der Waals surface area contributed by atoms with E-state index in [0.29, 0.717) is 25.9 Å². The minimum absolute atomic E-state index is 0.0866. The van der Waals surface area contributed by atoms with Gasteiger partial charge in [0.15, 0.2) is 11.5 Å². The fourth-order valence-electron chi connectivity index (χ4n) is 2.82. The summed E-state index contributed by atoms with van der Waals surface area (Å²) in [4.78, 5) is 12.9. The third-order valence-corrected chi connectivity index (χ3v) is 5.82. The Labute approximate surface area is 152 Å². The van der Waals surface area contributed by atoms with Gasteiger partial charge in [0.25, 0.3) is 0 Å². The second-order valence-electron chi connectivity index (χ2n) is 5.98. The SMILES string of the molecule is CNC(=O)CN1CCC(NS(=O)(=O)c2cc(OC)c(OC)cc2F)CC1. The van der Waals surface area contributed by atoms with Crippen molar-refractivity contribution < 1.29 is 27.1 Å². The molecule has 1 saturated heterocycles. The van der Waals surface area contributed by atoms with E-state index in [-0.39, 0.29) is 30.0 Å². The third-order valence-electron chi connectivity index (χ3n) is 4.28. The molecule has 0 atom stereocenters. The van der Waals surface area contributed by atoms with Crippen molar-refractivity contribution in [3.8, 4) is 11.5 Å². The average Bonchev–Trinajstić information content (AvgIpc) is 2.62. The normalized spacial score (nSPS) is 16.3. The molecule has 0 aromatic heterocycles. The molecule has 146 valence electrons. The Balaban J connectivity index is 2.07. The fraction of sp³-hybridized carbons (Fsp3) is 0.562. The van der Waals surface area contributed by atoms with E-state index in [1.165, 1.54) is 14.2 Å². The van der Waals surface area contributed by atoms with Crippen molar-refractivity contribution in [3.05, 3.63) is 17.9 Å². The second kappa shape index (κ2) is 8.65. The summed E-state index contributed by atoms with van der Waals surface area (Å²) in [5.74, 6) is -0.746. The lowest BCUT2D eigenvalue weighted by Gasteiger charge is -2.31. The molecule has 0 spiro atoms. The molecule has 0 aliphatic carbocycles. The first-order valence-electron chi connectivity index (χ1n) is 8.17. The molecule has 1 fully saturated rings. The van der Waals surface area contributed by atoms with Gasteiger partial charge in [-0.15, -0.1) is 0 Å². The van der Waals surface area contributed by atoms with Gasteiger partial charge in [-0.2, -0.15) is 0 Å². The van der Waals surface area contributed by atoms with Gasteiger partial charge in [-0.1, -0.05) is 0 Å². The molecule has 0 unspecified atom stereocenters. The average molecular weight is 389 g/mol. The van der Waals surface area contributed by atoms with Gasteiger partial charge < -0.3 is 14.8 Å². The van der Waals surface area contributed by atoms with Crippen LogP contribution in [0.2, 0.25) is 0 Å². The lowest BCUT2D eigenvalue weighted by atomic mass is 10.1. The number of rotatable bonds is 7. The molecule has 2 N–H and O–H groups in total. The summed E-state index contributed by atoms with van der Waals surface area (Å²) in [6.07, 6.45) is 1.07. The molecule has 0 saturated carbocycles. The number of piperidine rings is 1. The molecule has 26 heavy (non-hydrogen) atoms. The van der Waals surface area contributed by atoms with E-state index in [9.17, 15) is 17.6 Å². The molecule has 10 heteroatoms. The van der Waals surface area contributed by atoms with Crippen molar-refractivity contribution in [2.24, 2.45) is 0 Å². The lowest BCUT2D eigenvalue weighted by Crippen LogP contribution is -2.47. The highest BCUT2D eigenvalue weighted by atomic mass is 32.2. The van der Waals surface area contributed by atoms with Crippen molar-refractivity contribution in [1.82, 2.24) is 14.9 Å². The first kappa shape index (κ1) is 20.4.